The van der Waals surface area contributed by atoms with E-state index < -0.39 is 16.4 Å². The molecule has 1 fully saturated rings. The third-order valence-corrected chi connectivity index (χ3v) is 8.99. The Morgan fingerprint density at radius 3 is 2.35 bits per heavy atom. The van der Waals surface area contributed by atoms with Crippen molar-refractivity contribution < 1.29 is 28.4 Å². The molecule has 14 nitrogen and oxygen atoms in total. The molecule has 0 unspecified atom stereocenters. The molecular formula is C37H43FN8O6. The quantitative estimate of drug-likeness (QED) is 0.0511. The van der Waals surface area contributed by atoms with Gasteiger partial charge in [-0.3, -0.25) is 19.7 Å². The monoisotopic (exact) mass is 714 g/mol. The number of carbonyl (C=O) groups is 2. The van der Waals surface area contributed by atoms with Crippen molar-refractivity contribution in [3.05, 3.63) is 87.0 Å². The van der Waals surface area contributed by atoms with E-state index in [2.05, 4.69) is 32.1 Å². The highest BCUT2D eigenvalue weighted by atomic mass is 19.1. The molecule has 5 rings (SSSR count). The van der Waals surface area contributed by atoms with Gasteiger partial charge in [0.05, 0.1) is 37.0 Å². The Hall–Kier alpha value is -5.46. The van der Waals surface area contributed by atoms with Gasteiger partial charge in [-0.25, -0.2) is 9.37 Å². The zero-order valence-corrected chi connectivity index (χ0v) is 29.3. The maximum atomic E-state index is 13.5. The number of pyridine rings is 1. The molecule has 0 aliphatic heterocycles. The van der Waals surface area contributed by atoms with Gasteiger partial charge in [-0.1, -0.05) is 38.0 Å². The van der Waals surface area contributed by atoms with Gasteiger partial charge in [0.25, 0.3) is 11.6 Å². The van der Waals surface area contributed by atoms with Crippen molar-refractivity contribution in [2.24, 2.45) is 0 Å². The number of rotatable bonds is 20. The zero-order valence-electron chi connectivity index (χ0n) is 29.3. The Morgan fingerprint density at radius 2 is 1.69 bits per heavy atom. The lowest BCUT2D eigenvalue weighted by Gasteiger charge is -2.31. The first kappa shape index (κ1) is 37.8. The van der Waals surface area contributed by atoms with E-state index in [4.69, 9.17) is 20.9 Å². The minimum atomic E-state index is -1.13. The van der Waals surface area contributed by atoms with Crippen LogP contribution in [0.4, 0.5) is 15.8 Å². The number of non-ortho nitro benzene ring substituents is 1. The molecule has 1 saturated carbocycles. The van der Waals surface area contributed by atoms with Crippen molar-refractivity contribution in [1.29, 1.82) is 0 Å². The average Bonchev–Trinajstić information content (AvgIpc) is 3.90. The second-order valence-corrected chi connectivity index (χ2v) is 12.5. The lowest BCUT2D eigenvalue weighted by molar-refractivity contribution is -0.383. The summed E-state index contributed by atoms with van der Waals surface area (Å²) in [5.41, 5.74) is 2.79. The number of nitrogens with one attached hydrogen (secondary N) is 3. The van der Waals surface area contributed by atoms with Gasteiger partial charge in [0.2, 0.25) is 5.91 Å². The Bertz CT molecular complexity index is 1920. The van der Waals surface area contributed by atoms with Gasteiger partial charge in [-0.15, -0.1) is 16.6 Å². The van der Waals surface area contributed by atoms with Crippen LogP contribution in [0.15, 0.2) is 48.5 Å². The van der Waals surface area contributed by atoms with Crippen LogP contribution >= 0.6 is 0 Å². The van der Waals surface area contributed by atoms with Crippen molar-refractivity contribution in [2.75, 3.05) is 44.8 Å². The molecular weight excluding hydrogens is 671 g/mol. The van der Waals surface area contributed by atoms with E-state index in [1.54, 1.807) is 24.3 Å². The van der Waals surface area contributed by atoms with Crippen LogP contribution in [0.3, 0.4) is 0 Å². The van der Waals surface area contributed by atoms with Gasteiger partial charge in [-0.05, 0) is 67.0 Å². The molecule has 2 aromatic heterocycles. The number of aromatic nitrogens is 4. The van der Waals surface area contributed by atoms with Gasteiger partial charge in [0, 0.05) is 31.3 Å². The Kier molecular flexibility index (Phi) is 12.8. The predicted molar refractivity (Wildman–Crippen MR) is 192 cm³/mol. The summed E-state index contributed by atoms with van der Waals surface area (Å²) in [6.45, 7) is 5.61. The van der Waals surface area contributed by atoms with E-state index >= 15 is 0 Å². The fourth-order valence-corrected chi connectivity index (χ4v) is 5.88. The molecule has 0 atom stereocenters. The fourth-order valence-electron chi connectivity index (χ4n) is 5.88. The average molecular weight is 715 g/mol. The first-order chi connectivity index (χ1) is 25.2. The predicted octanol–water partition coefficient (Wildman–Crippen LogP) is 4.53. The number of benzene rings is 2. The smallest absolute Gasteiger partial charge is 0.299 e. The molecule has 1 aliphatic rings. The number of ether oxygens (including phenoxy) is 2. The highest BCUT2D eigenvalue weighted by molar-refractivity contribution is 5.98. The Balaban J connectivity index is 1.04. The number of carbonyl (C=O) groups excluding carboxylic acids is 2. The molecule has 0 spiro atoms. The molecule has 2 aromatic carbocycles. The molecule has 3 N–H and O–H groups in total. The number of nitro benzene ring substituents is 1. The first-order valence-electron chi connectivity index (χ1n) is 17.4. The van der Waals surface area contributed by atoms with Crippen LogP contribution in [0.2, 0.25) is 0 Å². The summed E-state index contributed by atoms with van der Waals surface area (Å²) in [5.74, 6) is 1.78. The summed E-state index contributed by atoms with van der Waals surface area (Å²) in [5, 5.41) is 28.8. The van der Waals surface area contributed by atoms with Crippen LogP contribution < -0.4 is 16.0 Å². The molecule has 2 amide bonds. The Labute approximate surface area is 301 Å². The standard InChI is InChI=1S/C37H43FN8O6/c1-4-19-45-43-33-29(15-16-32(46(49)50)34(33)44-45)39-17-20-51-22-23-52-21-18-40-36(48)37(5-2,6-3)42-35(47)30-14-13-28(26-9-10-26)31(41-30)24-25-7-11-27(38)12-8-25/h1,7-8,11-16,26,39H,5-6,9-10,17-24H2,2-3H3,(H,40,48)(H,42,47). The van der Waals surface area contributed by atoms with E-state index in [9.17, 15) is 24.1 Å². The van der Waals surface area contributed by atoms with E-state index in [0.717, 1.165) is 29.7 Å². The summed E-state index contributed by atoms with van der Waals surface area (Å²) in [6.07, 6.45) is 8.70. The van der Waals surface area contributed by atoms with Crippen LogP contribution in [0.25, 0.3) is 11.0 Å². The van der Waals surface area contributed by atoms with E-state index in [1.165, 1.54) is 23.0 Å². The Morgan fingerprint density at radius 1 is 1.00 bits per heavy atom. The number of amides is 2. The highest BCUT2D eigenvalue weighted by Gasteiger charge is 2.37. The number of hydrogen-bond donors (Lipinski definition) is 3. The number of fused-ring (bicyclic) bond motifs is 1. The number of hydrogen-bond acceptors (Lipinski definition) is 10. The van der Waals surface area contributed by atoms with E-state index in [1.807, 2.05) is 19.9 Å². The molecule has 15 heteroatoms. The van der Waals surface area contributed by atoms with Gasteiger partial charge in [0.15, 0.2) is 5.52 Å². The topological polar surface area (TPSA) is 175 Å². The van der Waals surface area contributed by atoms with Crippen molar-refractivity contribution in [1.82, 2.24) is 30.6 Å². The second kappa shape index (κ2) is 17.7. The second-order valence-electron chi connectivity index (χ2n) is 12.5. The number of nitro groups is 1. The van der Waals surface area contributed by atoms with Crippen molar-refractivity contribution in [3.63, 3.8) is 0 Å². The third kappa shape index (κ3) is 9.45. The van der Waals surface area contributed by atoms with Crippen LogP contribution in [0.5, 0.6) is 0 Å². The first-order valence-corrected chi connectivity index (χ1v) is 17.4. The van der Waals surface area contributed by atoms with Crippen molar-refractivity contribution in [2.45, 2.75) is 64.0 Å². The fraction of sp³-hybridized carbons (Fsp3) is 0.432. The van der Waals surface area contributed by atoms with Crippen LogP contribution in [-0.4, -0.2) is 81.8 Å². The largest absolute Gasteiger partial charge is 0.381 e. The van der Waals surface area contributed by atoms with Crippen molar-refractivity contribution in [3.8, 4) is 12.3 Å². The minimum Gasteiger partial charge on any atom is -0.381 e. The molecule has 0 radical (unpaired) electrons. The zero-order chi connectivity index (χ0) is 37.1. The molecule has 2 heterocycles. The van der Waals surface area contributed by atoms with Crippen LogP contribution in [0.1, 0.15) is 72.8 Å². The number of halogens is 1. The normalized spacial score (nSPS) is 12.7. The summed E-state index contributed by atoms with van der Waals surface area (Å²) in [6, 6.07) is 12.9. The van der Waals surface area contributed by atoms with Crippen LogP contribution in [0, 0.1) is 28.3 Å². The SMILES string of the molecule is C#CCn1nc2c(NCCOCCOCCNC(=O)C(CC)(CC)NC(=O)c3ccc(C4CC4)c(Cc4ccc(F)cc4)n3)ccc([N+](=O)[O-])c2n1. The summed E-state index contributed by atoms with van der Waals surface area (Å²) in [4.78, 5) is 43.7. The number of nitrogens with zero attached hydrogens (tertiary/aromatic N) is 5. The summed E-state index contributed by atoms with van der Waals surface area (Å²) < 4.78 is 24.7. The molecule has 274 valence electrons. The van der Waals surface area contributed by atoms with E-state index in [0.29, 0.717) is 62.7 Å². The highest BCUT2D eigenvalue weighted by Crippen LogP contribution is 2.41. The van der Waals surface area contributed by atoms with Gasteiger partial charge in [-0.2, -0.15) is 4.80 Å². The molecule has 0 saturated heterocycles. The number of terminal acetylenes is 1. The van der Waals surface area contributed by atoms with Gasteiger partial charge < -0.3 is 25.4 Å². The molecule has 0 bridgehead atoms. The summed E-state index contributed by atoms with van der Waals surface area (Å²) in [7, 11) is 0. The molecule has 4 aromatic rings. The molecule has 1 aliphatic carbocycles. The minimum absolute atomic E-state index is 0.0856. The summed E-state index contributed by atoms with van der Waals surface area (Å²) >= 11 is 0. The van der Waals surface area contributed by atoms with Crippen LogP contribution in [-0.2, 0) is 27.2 Å². The van der Waals surface area contributed by atoms with Gasteiger partial charge >= 0.3 is 0 Å². The maximum absolute atomic E-state index is 13.5. The lowest BCUT2D eigenvalue weighted by Crippen LogP contribution is -2.58. The van der Waals surface area contributed by atoms with E-state index in [-0.39, 0.29) is 48.3 Å². The maximum Gasteiger partial charge on any atom is 0.299 e. The lowest BCUT2D eigenvalue weighted by atomic mass is 9.91. The number of anilines is 1. The molecule has 52 heavy (non-hydrogen) atoms. The third-order valence-electron chi connectivity index (χ3n) is 8.99. The van der Waals surface area contributed by atoms with Gasteiger partial charge in [0.1, 0.15) is 29.1 Å². The van der Waals surface area contributed by atoms with Crippen molar-refractivity contribution >= 4 is 34.2 Å².